The van der Waals surface area contributed by atoms with E-state index in [0.29, 0.717) is 17.8 Å². The average molecular weight is 2200 g/mol. The number of aliphatic hydroxyl groups excluding tert-OH is 3. The van der Waals surface area contributed by atoms with E-state index in [1.165, 1.54) is 183 Å². The normalized spacial score (nSPS) is 11.4. The van der Waals surface area contributed by atoms with Crippen molar-refractivity contribution in [1.82, 2.24) is 15.0 Å². The van der Waals surface area contributed by atoms with Crippen molar-refractivity contribution in [3.63, 3.8) is 0 Å². The van der Waals surface area contributed by atoms with Gasteiger partial charge < -0.3 is 30.3 Å². The molecule has 0 fully saturated rings. The van der Waals surface area contributed by atoms with Gasteiger partial charge in [-0.05, 0) is 179 Å². The molecule has 633 valence electrons. The topological polar surface area (TPSA) is 151 Å². The zero-order valence-corrected chi connectivity index (χ0v) is 82.1. The van der Waals surface area contributed by atoms with Crippen molar-refractivity contribution in [3.05, 3.63) is 343 Å². The van der Waals surface area contributed by atoms with Crippen LogP contribution in [0.25, 0.3) is 129 Å². The predicted molar refractivity (Wildman–Crippen MR) is 505 cm³/mol. The minimum atomic E-state index is -0.125. The van der Waals surface area contributed by atoms with E-state index in [-0.39, 0.29) is 106 Å². The fraction of sp³-hybridized carbons (Fsp3) is 0.215. The van der Waals surface area contributed by atoms with Crippen LogP contribution < -0.4 is 0 Å². The molecule has 3 radical (unpaired) electrons. The summed E-state index contributed by atoms with van der Waals surface area (Å²) in [6, 6.07) is 96.6. The molecule has 0 aliphatic heterocycles. The first-order valence-corrected chi connectivity index (χ1v) is 42.5. The van der Waals surface area contributed by atoms with Crippen LogP contribution in [0.4, 0.5) is 0 Å². The molecular formula is C107H106Ir3N3O6S3-3. The van der Waals surface area contributed by atoms with Gasteiger partial charge in [-0.1, -0.05) is 241 Å². The molecule has 0 bridgehead atoms. The number of hydrogen-bond acceptors (Lipinski definition) is 12. The maximum absolute atomic E-state index is 10.0. The number of aromatic nitrogens is 3. The summed E-state index contributed by atoms with van der Waals surface area (Å²) >= 11 is 5.53. The fourth-order valence-corrected chi connectivity index (χ4v) is 16.6. The van der Waals surface area contributed by atoms with Crippen LogP contribution in [0.5, 0.6) is 0 Å². The molecule has 122 heavy (non-hydrogen) atoms. The van der Waals surface area contributed by atoms with E-state index in [4.69, 9.17) is 30.3 Å². The Morgan fingerprint density at radius 1 is 0.336 bits per heavy atom. The SMILES string of the molecule is CC(=O)C=C(C)O.CC(=O)C=C(C)O.CC(=O)C=C(C)O.CC(C)(C)c1cc(-c2cc3cnc(-c4[c-]ccc(-c5ccccc5)c4)cc3s2)cc(C(C)(C)C)c1.CC(C)c1ccc(-c2cc3cnc(-c4[c-]ccc(-c5ccccc5)c4)cc3s2)cc1.CC(C)c1cccc(C(C)C)c1-c1cc2cnc(-c3[c-]ccc(-c4ccccc4)c3)cc2s1.[Ir].[Ir].[Ir]. The van der Waals surface area contributed by atoms with Gasteiger partial charge >= 0.3 is 0 Å². The summed E-state index contributed by atoms with van der Waals surface area (Å²) < 4.78 is 3.77. The molecule has 9 nitrogen and oxygen atoms in total. The molecule has 0 saturated heterocycles. The number of allylic oxidation sites excluding steroid dienone is 6. The number of ketones is 3. The van der Waals surface area contributed by atoms with Gasteiger partial charge in [0, 0.05) is 142 Å². The monoisotopic (exact) mass is 2200 g/mol. The van der Waals surface area contributed by atoms with Gasteiger partial charge in [0.15, 0.2) is 17.3 Å². The van der Waals surface area contributed by atoms with Gasteiger partial charge in [-0.25, -0.2) is 0 Å². The molecule has 0 spiro atoms. The smallest absolute Gasteiger partial charge is 0.155 e. The Bertz CT molecular complexity index is 5970. The molecule has 6 aromatic heterocycles. The Hall–Kier alpha value is -10.1. The molecule has 9 aromatic carbocycles. The van der Waals surface area contributed by atoms with E-state index < -0.39 is 0 Å². The maximum Gasteiger partial charge on any atom is 0.155 e. The van der Waals surface area contributed by atoms with Gasteiger partial charge in [0.1, 0.15) is 0 Å². The third kappa shape index (κ3) is 28.2. The second-order valence-electron chi connectivity index (χ2n) is 32.6. The molecule has 0 atom stereocenters. The Morgan fingerprint density at radius 2 is 0.648 bits per heavy atom. The van der Waals surface area contributed by atoms with Crippen molar-refractivity contribution >= 4 is 81.6 Å². The van der Waals surface area contributed by atoms with Crippen LogP contribution in [0.2, 0.25) is 0 Å². The van der Waals surface area contributed by atoms with E-state index in [1.54, 1.807) is 0 Å². The third-order valence-electron chi connectivity index (χ3n) is 19.4. The molecule has 0 amide bonds. The summed E-state index contributed by atoms with van der Waals surface area (Å²) in [6.45, 7) is 35.9. The number of benzene rings is 9. The molecule has 0 unspecified atom stereocenters. The molecule has 3 N–H and O–H groups in total. The number of rotatable bonds is 15. The first kappa shape index (κ1) is 99.0. The van der Waals surface area contributed by atoms with Gasteiger partial charge in [0.25, 0.3) is 0 Å². The number of aliphatic hydroxyl groups is 3. The van der Waals surface area contributed by atoms with Crippen molar-refractivity contribution in [2.24, 2.45) is 0 Å². The van der Waals surface area contributed by atoms with Crippen LogP contribution >= 0.6 is 34.0 Å². The third-order valence-corrected chi connectivity index (χ3v) is 22.8. The number of nitrogens with zero attached hydrogens (tertiary/aromatic N) is 3. The largest absolute Gasteiger partial charge is 0.512 e. The molecule has 6 heterocycles. The average Bonchev–Trinajstić information content (AvgIpc) is 1.60. The van der Waals surface area contributed by atoms with Crippen LogP contribution in [-0.2, 0) is 85.5 Å². The Morgan fingerprint density at radius 3 is 0.934 bits per heavy atom. The summed E-state index contributed by atoms with van der Waals surface area (Å²) in [6.07, 6.45) is 9.50. The number of carbonyl (C=O) groups excluding carboxylic acids is 3. The van der Waals surface area contributed by atoms with E-state index in [2.05, 4.69) is 308 Å². The second kappa shape index (κ2) is 45.9. The van der Waals surface area contributed by atoms with Crippen LogP contribution in [0, 0.1) is 18.2 Å². The van der Waals surface area contributed by atoms with Crippen LogP contribution in [0.3, 0.4) is 0 Å². The summed E-state index contributed by atoms with van der Waals surface area (Å²) in [7, 11) is 0. The van der Waals surface area contributed by atoms with Crippen molar-refractivity contribution < 1.29 is 90.0 Å². The zero-order valence-electron chi connectivity index (χ0n) is 72.4. The zero-order chi connectivity index (χ0) is 85.8. The van der Waals surface area contributed by atoms with Gasteiger partial charge in [-0.2, -0.15) is 0 Å². The predicted octanol–water partition coefficient (Wildman–Crippen LogP) is 30.4. The molecular weight excluding hydrogens is 2100 g/mol. The Kier molecular flexibility index (Phi) is 37.2. The number of pyridine rings is 3. The maximum atomic E-state index is 10.0. The van der Waals surface area contributed by atoms with E-state index in [0.717, 1.165) is 33.8 Å². The van der Waals surface area contributed by atoms with Gasteiger partial charge in [-0.15, -0.1) is 140 Å². The summed E-state index contributed by atoms with van der Waals surface area (Å²) in [5.74, 6) is 1.32. The number of thiophene rings is 3. The minimum Gasteiger partial charge on any atom is -0.512 e. The standard InChI is InChI=1S/C33H32NS.C31H28NS.C28H22NS.3C5H8O2.3Ir/c1-32(2,3)27-16-25(17-28(19-27)33(4,5)6)30-18-26-21-34-29(20-31(26)35-30)24-14-10-13-23(15-24)22-11-8-7-9-12-22;1-20(2)26-14-9-15-27(21(3)4)31(26)30-17-25-19-32-28(18-29(25)33-30)24-13-8-12-23(16-24)22-10-6-5-7-11-22;1-19(2)20-11-13-22(14-12-20)27-16-25-18-29-26(17-28(25)30-27)24-10-6-9-23(15-24)21-7-4-3-5-8-21;3*1-4(6)3-5(2)7;;;/h7-13,15-21H,1-6H3;5-12,14-21H,1-4H3;3-9,11-19H,1-2H3;3*3,6H,1-2H3;;;/q3*-1;;;;;;. The van der Waals surface area contributed by atoms with Gasteiger partial charge in [-0.3, -0.25) is 14.4 Å². The number of carbonyl (C=O) groups is 3. The summed E-state index contributed by atoms with van der Waals surface area (Å²) in [4.78, 5) is 48.3. The van der Waals surface area contributed by atoms with Crippen molar-refractivity contribution in [3.8, 4) is 98.5 Å². The van der Waals surface area contributed by atoms with Crippen LogP contribution in [0.1, 0.15) is 170 Å². The van der Waals surface area contributed by atoms with Crippen LogP contribution in [-0.4, -0.2) is 47.6 Å². The number of hydrogen-bond donors (Lipinski definition) is 3. The van der Waals surface area contributed by atoms with Crippen molar-refractivity contribution in [2.75, 3.05) is 0 Å². The minimum absolute atomic E-state index is 0. The molecule has 15 aromatic rings. The second-order valence-corrected chi connectivity index (χ2v) is 35.9. The number of fused-ring (bicyclic) bond motifs is 3. The van der Waals surface area contributed by atoms with E-state index in [1.807, 2.05) is 89.0 Å². The van der Waals surface area contributed by atoms with E-state index >= 15 is 0 Å². The fourth-order valence-electron chi connectivity index (χ4n) is 13.3. The summed E-state index contributed by atoms with van der Waals surface area (Å²) in [5.41, 5.74) is 24.3. The van der Waals surface area contributed by atoms with Gasteiger partial charge in [0.2, 0.25) is 0 Å². The molecule has 15 rings (SSSR count). The molecule has 0 aliphatic carbocycles. The van der Waals surface area contributed by atoms with Crippen LogP contribution in [0.15, 0.2) is 297 Å². The molecule has 15 heteroatoms. The van der Waals surface area contributed by atoms with Crippen molar-refractivity contribution in [2.45, 2.75) is 153 Å². The Balaban J connectivity index is 0.000000222. The Labute approximate surface area is 774 Å². The van der Waals surface area contributed by atoms with Gasteiger partial charge in [0.05, 0.1) is 17.3 Å². The van der Waals surface area contributed by atoms with Crippen molar-refractivity contribution in [1.29, 1.82) is 0 Å². The summed E-state index contributed by atoms with van der Waals surface area (Å²) in [5, 5.41) is 28.7. The quantitative estimate of drug-likeness (QED) is 0.0518. The molecule has 0 saturated carbocycles. The van der Waals surface area contributed by atoms with E-state index in [9.17, 15) is 14.4 Å². The molecule has 0 aliphatic rings. The first-order valence-electron chi connectivity index (χ1n) is 40.1. The first-order chi connectivity index (χ1) is 56.6.